The molecule has 2 N–H and O–H groups in total. The molecule has 0 bridgehead atoms. The highest BCUT2D eigenvalue weighted by molar-refractivity contribution is 6.05. The molecule has 3 rings (SSSR count). The first kappa shape index (κ1) is 19.1. The Hall–Kier alpha value is -3.67. The van der Waals surface area contributed by atoms with Crippen LogP contribution < -0.4 is 15.4 Å². The molecule has 0 fully saturated rings. The molecule has 3 aromatic rings. The van der Waals surface area contributed by atoms with Crippen LogP contribution in [0.2, 0.25) is 0 Å². The summed E-state index contributed by atoms with van der Waals surface area (Å²) in [6.07, 6.45) is -0.0668. The second kappa shape index (κ2) is 8.81. The molecule has 0 aromatic heterocycles. The van der Waals surface area contributed by atoms with Crippen LogP contribution in [0.5, 0.6) is 5.75 Å². The van der Waals surface area contributed by atoms with Crippen molar-refractivity contribution in [1.29, 1.82) is 0 Å². The minimum Gasteiger partial charge on any atom is -0.495 e. The zero-order chi connectivity index (χ0) is 19.9. The van der Waals surface area contributed by atoms with E-state index in [4.69, 9.17) is 4.74 Å². The van der Waals surface area contributed by atoms with E-state index < -0.39 is 5.82 Å². The number of amides is 2. The number of hydrogen-bond donors (Lipinski definition) is 2. The minimum atomic E-state index is -0.416. The minimum absolute atomic E-state index is 0.0668. The quantitative estimate of drug-likeness (QED) is 0.673. The van der Waals surface area contributed by atoms with Gasteiger partial charge in [-0.25, -0.2) is 4.39 Å². The Morgan fingerprint density at radius 2 is 1.57 bits per heavy atom. The summed E-state index contributed by atoms with van der Waals surface area (Å²) in [6.45, 7) is 0. The number of methoxy groups -OCH3 is 1. The zero-order valence-corrected chi connectivity index (χ0v) is 15.2. The summed E-state index contributed by atoms with van der Waals surface area (Å²) in [5.74, 6) is -0.487. The predicted molar refractivity (Wildman–Crippen MR) is 106 cm³/mol. The van der Waals surface area contributed by atoms with Gasteiger partial charge >= 0.3 is 0 Å². The lowest BCUT2D eigenvalue weighted by molar-refractivity contribution is -0.115. The summed E-state index contributed by atoms with van der Waals surface area (Å²) in [5.41, 5.74) is 1.85. The summed E-state index contributed by atoms with van der Waals surface area (Å²) in [7, 11) is 1.53. The number of carbonyl (C=O) groups excluding carboxylic acids is 2. The van der Waals surface area contributed by atoms with Gasteiger partial charge in [-0.3, -0.25) is 9.59 Å². The number of carbonyl (C=O) groups is 2. The number of benzene rings is 3. The van der Waals surface area contributed by atoms with Crippen molar-refractivity contribution < 1.29 is 18.7 Å². The van der Waals surface area contributed by atoms with Gasteiger partial charge in [0.05, 0.1) is 19.2 Å². The van der Waals surface area contributed by atoms with E-state index >= 15 is 0 Å². The molecule has 3 aromatic carbocycles. The van der Waals surface area contributed by atoms with Crippen LogP contribution in [0.25, 0.3) is 0 Å². The number of para-hydroxylation sites is 2. The Morgan fingerprint density at radius 1 is 0.893 bits per heavy atom. The Labute approximate surface area is 162 Å². The molecule has 0 aliphatic rings. The fraction of sp³-hybridized carbons (Fsp3) is 0.0909. The van der Waals surface area contributed by atoms with Crippen molar-refractivity contribution >= 4 is 23.2 Å². The summed E-state index contributed by atoms with van der Waals surface area (Å²) < 4.78 is 18.8. The van der Waals surface area contributed by atoms with Crippen LogP contribution in [0.3, 0.4) is 0 Å². The number of ether oxygens (including phenoxy) is 1. The fourth-order valence-electron chi connectivity index (χ4n) is 2.67. The third-order valence-electron chi connectivity index (χ3n) is 4.09. The highest BCUT2D eigenvalue weighted by atomic mass is 19.1. The monoisotopic (exact) mass is 378 g/mol. The Kier molecular flexibility index (Phi) is 6.01. The molecule has 0 saturated carbocycles. The molecular weight excluding hydrogens is 359 g/mol. The van der Waals surface area contributed by atoms with Crippen molar-refractivity contribution in [3.05, 3.63) is 89.7 Å². The van der Waals surface area contributed by atoms with Gasteiger partial charge in [0.2, 0.25) is 5.91 Å². The maximum absolute atomic E-state index is 13.6. The highest BCUT2D eigenvalue weighted by Crippen LogP contribution is 2.24. The molecule has 142 valence electrons. The summed E-state index contributed by atoms with van der Waals surface area (Å²) in [5, 5.41) is 5.48. The van der Waals surface area contributed by atoms with E-state index in [1.54, 1.807) is 60.7 Å². The molecule has 0 atom stereocenters. The van der Waals surface area contributed by atoms with Crippen molar-refractivity contribution in [3.63, 3.8) is 0 Å². The number of anilines is 2. The van der Waals surface area contributed by atoms with E-state index in [2.05, 4.69) is 10.6 Å². The molecule has 0 saturated heterocycles. The number of halogens is 1. The average Bonchev–Trinajstić information content (AvgIpc) is 2.70. The van der Waals surface area contributed by atoms with Crippen LogP contribution >= 0.6 is 0 Å². The molecule has 28 heavy (non-hydrogen) atoms. The van der Waals surface area contributed by atoms with Gasteiger partial charge < -0.3 is 15.4 Å². The maximum atomic E-state index is 13.6. The van der Waals surface area contributed by atoms with E-state index in [0.29, 0.717) is 28.3 Å². The average molecular weight is 378 g/mol. The molecule has 5 nitrogen and oxygen atoms in total. The van der Waals surface area contributed by atoms with Gasteiger partial charge in [0, 0.05) is 11.3 Å². The van der Waals surface area contributed by atoms with Crippen LogP contribution in [0, 0.1) is 5.82 Å². The molecule has 0 spiro atoms. The molecule has 2 amide bonds. The van der Waals surface area contributed by atoms with Crippen molar-refractivity contribution in [2.24, 2.45) is 0 Å². The third kappa shape index (κ3) is 4.73. The summed E-state index contributed by atoms with van der Waals surface area (Å²) in [6, 6.07) is 19.7. The second-order valence-corrected chi connectivity index (χ2v) is 6.05. The lowest BCUT2D eigenvalue weighted by Crippen LogP contribution is -2.16. The Bertz CT molecular complexity index is 987. The maximum Gasteiger partial charge on any atom is 0.255 e. The van der Waals surface area contributed by atoms with E-state index in [1.807, 2.05) is 6.07 Å². The van der Waals surface area contributed by atoms with E-state index in [1.165, 1.54) is 13.2 Å². The van der Waals surface area contributed by atoms with E-state index in [9.17, 15) is 14.0 Å². The number of hydrogen-bond acceptors (Lipinski definition) is 3. The SMILES string of the molecule is COc1ccccc1NC(=O)c1ccc(NC(=O)Cc2ccccc2F)cc1. The molecule has 0 unspecified atom stereocenters. The molecule has 0 heterocycles. The molecule has 0 radical (unpaired) electrons. The van der Waals surface area contributed by atoms with Crippen molar-refractivity contribution in [1.82, 2.24) is 0 Å². The van der Waals surface area contributed by atoms with Gasteiger partial charge in [0.15, 0.2) is 0 Å². The molecule has 6 heteroatoms. The highest BCUT2D eigenvalue weighted by Gasteiger charge is 2.11. The first-order chi connectivity index (χ1) is 13.6. The van der Waals surface area contributed by atoms with Gasteiger partial charge in [0.25, 0.3) is 5.91 Å². The first-order valence-electron chi connectivity index (χ1n) is 8.64. The van der Waals surface area contributed by atoms with Crippen LogP contribution in [-0.4, -0.2) is 18.9 Å². The topological polar surface area (TPSA) is 67.4 Å². The van der Waals surface area contributed by atoms with Gasteiger partial charge in [-0.1, -0.05) is 30.3 Å². The smallest absolute Gasteiger partial charge is 0.255 e. The first-order valence-corrected chi connectivity index (χ1v) is 8.64. The number of nitrogens with one attached hydrogen (secondary N) is 2. The second-order valence-electron chi connectivity index (χ2n) is 6.05. The largest absolute Gasteiger partial charge is 0.495 e. The molecule has 0 aliphatic heterocycles. The standard InChI is InChI=1S/C22H19FN2O3/c1-28-20-9-5-4-8-19(20)25-22(27)15-10-12-17(13-11-15)24-21(26)14-16-6-2-3-7-18(16)23/h2-13H,14H2,1H3,(H,24,26)(H,25,27). The predicted octanol–water partition coefficient (Wildman–Crippen LogP) is 4.27. The molecular formula is C22H19FN2O3. The lowest BCUT2D eigenvalue weighted by atomic mass is 10.1. The van der Waals surface area contributed by atoms with Crippen molar-refractivity contribution in [2.75, 3.05) is 17.7 Å². The van der Waals surface area contributed by atoms with E-state index in [0.717, 1.165) is 0 Å². The Balaban J connectivity index is 1.62. The van der Waals surface area contributed by atoms with Gasteiger partial charge in [-0.2, -0.15) is 0 Å². The lowest BCUT2D eigenvalue weighted by Gasteiger charge is -2.10. The summed E-state index contributed by atoms with van der Waals surface area (Å²) in [4.78, 5) is 24.5. The third-order valence-corrected chi connectivity index (χ3v) is 4.09. The fourth-order valence-corrected chi connectivity index (χ4v) is 2.67. The number of rotatable bonds is 6. The van der Waals surface area contributed by atoms with Crippen LogP contribution in [0.4, 0.5) is 15.8 Å². The van der Waals surface area contributed by atoms with Gasteiger partial charge in [-0.15, -0.1) is 0 Å². The van der Waals surface area contributed by atoms with Crippen molar-refractivity contribution in [3.8, 4) is 5.75 Å². The summed E-state index contributed by atoms with van der Waals surface area (Å²) >= 11 is 0. The van der Waals surface area contributed by atoms with Crippen molar-refractivity contribution in [2.45, 2.75) is 6.42 Å². The normalized spacial score (nSPS) is 10.2. The van der Waals surface area contributed by atoms with Gasteiger partial charge in [-0.05, 0) is 48.0 Å². The van der Waals surface area contributed by atoms with E-state index in [-0.39, 0.29) is 18.2 Å². The van der Waals surface area contributed by atoms with Crippen LogP contribution in [0.1, 0.15) is 15.9 Å². The zero-order valence-electron chi connectivity index (χ0n) is 15.2. The Morgan fingerprint density at radius 3 is 2.29 bits per heavy atom. The molecule has 0 aliphatic carbocycles. The van der Waals surface area contributed by atoms with Crippen LogP contribution in [-0.2, 0) is 11.2 Å². The van der Waals surface area contributed by atoms with Gasteiger partial charge in [0.1, 0.15) is 11.6 Å². The van der Waals surface area contributed by atoms with Crippen LogP contribution in [0.15, 0.2) is 72.8 Å².